The van der Waals surface area contributed by atoms with E-state index in [1.165, 1.54) is 6.07 Å². The van der Waals surface area contributed by atoms with E-state index in [0.29, 0.717) is 5.69 Å². The van der Waals surface area contributed by atoms with Crippen molar-refractivity contribution in [3.8, 4) is 0 Å². The van der Waals surface area contributed by atoms with Gasteiger partial charge in [0.2, 0.25) is 5.56 Å². The number of rotatable bonds is 1. The maximum absolute atomic E-state index is 12.8. The van der Waals surface area contributed by atoms with Crippen molar-refractivity contribution in [2.45, 2.75) is 24.8 Å². The first-order chi connectivity index (χ1) is 10.6. The van der Waals surface area contributed by atoms with E-state index in [2.05, 4.69) is 22.2 Å². The van der Waals surface area contributed by atoms with Gasteiger partial charge < -0.3 is 15.2 Å². The zero-order valence-electron chi connectivity index (χ0n) is 13.1. The van der Waals surface area contributed by atoms with E-state index in [9.17, 15) is 9.59 Å². The number of hydrogen-bond donors (Lipinski definition) is 2. The monoisotopic (exact) mass is 304 g/mol. The molecule has 2 fully saturated rings. The van der Waals surface area contributed by atoms with Crippen LogP contribution >= 0.6 is 0 Å². The molecule has 1 amide bonds. The van der Waals surface area contributed by atoms with Gasteiger partial charge in [-0.25, -0.2) is 0 Å². The maximum Gasteiger partial charge on any atom is 0.270 e. The van der Waals surface area contributed by atoms with Crippen molar-refractivity contribution >= 4 is 5.91 Å². The van der Waals surface area contributed by atoms with Crippen LogP contribution < -0.4 is 10.9 Å². The Morgan fingerprint density at radius 3 is 2.73 bits per heavy atom. The largest absolute Gasteiger partial charge is 0.335 e. The highest BCUT2D eigenvalue weighted by Gasteiger charge is 2.40. The molecule has 2 aliphatic heterocycles. The van der Waals surface area contributed by atoms with Crippen molar-refractivity contribution in [3.05, 3.63) is 34.2 Å². The second-order valence-corrected chi connectivity index (χ2v) is 6.40. The molecule has 2 saturated heterocycles. The number of H-pyrrole nitrogens is 1. The van der Waals surface area contributed by atoms with Gasteiger partial charge in [-0.1, -0.05) is 6.07 Å². The summed E-state index contributed by atoms with van der Waals surface area (Å²) in [5.41, 5.74) is 0.224. The summed E-state index contributed by atoms with van der Waals surface area (Å²) in [7, 11) is 2.17. The molecule has 6 heteroatoms. The molecule has 0 saturated carbocycles. The van der Waals surface area contributed by atoms with Gasteiger partial charge in [0.1, 0.15) is 5.69 Å². The molecule has 0 radical (unpaired) electrons. The van der Waals surface area contributed by atoms with Crippen LogP contribution in [0, 0.1) is 0 Å². The molecule has 6 nitrogen and oxygen atoms in total. The van der Waals surface area contributed by atoms with Crippen LogP contribution in [0.15, 0.2) is 23.0 Å². The van der Waals surface area contributed by atoms with Gasteiger partial charge in [0, 0.05) is 31.2 Å². The first-order valence-corrected chi connectivity index (χ1v) is 8.01. The molecular formula is C16H24N4O2. The molecule has 1 aromatic heterocycles. The Bertz CT molecular complexity index is 592. The molecule has 0 bridgehead atoms. The van der Waals surface area contributed by atoms with Gasteiger partial charge in [-0.3, -0.25) is 14.5 Å². The highest BCUT2D eigenvalue weighted by molar-refractivity contribution is 5.92. The summed E-state index contributed by atoms with van der Waals surface area (Å²) in [6, 6.07) is 4.75. The van der Waals surface area contributed by atoms with Gasteiger partial charge in [0.15, 0.2) is 0 Å². The maximum atomic E-state index is 12.8. The standard InChI is InChI=1S/C16H24N4O2/c1-19-10-3-11-20(12-16(19)6-8-17-9-7-16)15(22)13-4-2-5-14(21)18-13/h2,4-5,17H,3,6-12H2,1H3,(H,18,21). The molecule has 120 valence electrons. The van der Waals surface area contributed by atoms with E-state index in [0.717, 1.165) is 52.0 Å². The lowest BCUT2D eigenvalue weighted by Crippen LogP contribution is -2.58. The minimum atomic E-state index is -0.227. The number of pyridine rings is 1. The Hall–Kier alpha value is -1.66. The summed E-state index contributed by atoms with van der Waals surface area (Å²) in [4.78, 5) is 31.2. The van der Waals surface area contributed by atoms with Crippen molar-refractivity contribution in [1.82, 2.24) is 20.1 Å². The first-order valence-electron chi connectivity index (χ1n) is 8.01. The highest BCUT2D eigenvalue weighted by atomic mass is 16.2. The van der Waals surface area contributed by atoms with Crippen molar-refractivity contribution < 1.29 is 4.79 Å². The smallest absolute Gasteiger partial charge is 0.270 e. The van der Waals surface area contributed by atoms with Crippen molar-refractivity contribution in [2.75, 3.05) is 39.8 Å². The number of aromatic amines is 1. The molecule has 0 aromatic carbocycles. The van der Waals surface area contributed by atoms with Crippen LogP contribution in [0.1, 0.15) is 29.8 Å². The lowest BCUT2D eigenvalue weighted by Gasteiger charge is -2.45. The highest BCUT2D eigenvalue weighted by Crippen LogP contribution is 2.29. The summed E-state index contributed by atoms with van der Waals surface area (Å²) in [5, 5.41) is 3.40. The van der Waals surface area contributed by atoms with Gasteiger partial charge in [0.05, 0.1) is 0 Å². The average molecular weight is 304 g/mol. The number of likely N-dealkylation sites (N-methyl/N-ethyl adjacent to an activating group) is 1. The zero-order chi connectivity index (χ0) is 15.6. The third-order valence-corrected chi connectivity index (χ3v) is 5.04. The fraction of sp³-hybridized carbons (Fsp3) is 0.625. The molecule has 3 heterocycles. The molecule has 0 unspecified atom stereocenters. The van der Waals surface area contributed by atoms with Crippen LogP contribution in [0.25, 0.3) is 0 Å². The molecule has 3 rings (SSSR count). The van der Waals surface area contributed by atoms with Crippen LogP contribution in [0.4, 0.5) is 0 Å². The molecule has 2 aliphatic rings. The second-order valence-electron chi connectivity index (χ2n) is 6.40. The van der Waals surface area contributed by atoms with Crippen LogP contribution in [0.2, 0.25) is 0 Å². The summed E-state index contributed by atoms with van der Waals surface area (Å²) in [6.45, 7) is 4.48. The minimum absolute atomic E-state index is 0.0620. The number of piperidine rings is 1. The summed E-state index contributed by atoms with van der Waals surface area (Å²) >= 11 is 0. The Kier molecular flexibility index (Phi) is 4.31. The second kappa shape index (κ2) is 6.22. The Labute approximate surface area is 130 Å². The number of carbonyl (C=O) groups excluding carboxylic acids is 1. The van der Waals surface area contributed by atoms with Gasteiger partial charge in [-0.05, 0) is 45.5 Å². The third-order valence-electron chi connectivity index (χ3n) is 5.04. The fourth-order valence-corrected chi connectivity index (χ4v) is 3.64. The number of amides is 1. The summed E-state index contributed by atoms with van der Waals surface area (Å²) < 4.78 is 0. The van der Waals surface area contributed by atoms with Crippen LogP contribution in [-0.4, -0.2) is 66.0 Å². The Morgan fingerprint density at radius 2 is 2.00 bits per heavy atom. The van der Waals surface area contributed by atoms with Gasteiger partial charge in [-0.15, -0.1) is 0 Å². The number of carbonyl (C=O) groups is 1. The number of nitrogens with one attached hydrogen (secondary N) is 2. The summed E-state index contributed by atoms with van der Waals surface area (Å²) in [6.07, 6.45) is 3.08. The quantitative estimate of drug-likeness (QED) is 0.782. The van der Waals surface area contributed by atoms with E-state index in [1.807, 2.05) is 4.90 Å². The van der Waals surface area contributed by atoms with Gasteiger partial charge in [-0.2, -0.15) is 0 Å². The van der Waals surface area contributed by atoms with Gasteiger partial charge in [0.25, 0.3) is 5.91 Å². The summed E-state index contributed by atoms with van der Waals surface area (Å²) in [5.74, 6) is -0.0640. The molecule has 22 heavy (non-hydrogen) atoms. The fourth-order valence-electron chi connectivity index (χ4n) is 3.64. The van der Waals surface area contributed by atoms with E-state index >= 15 is 0 Å². The number of hydrogen-bond acceptors (Lipinski definition) is 4. The van der Waals surface area contributed by atoms with E-state index < -0.39 is 0 Å². The molecule has 2 N–H and O–H groups in total. The van der Waals surface area contributed by atoms with Crippen LogP contribution in [0.5, 0.6) is 0 Å². The van der Waals surface area contributed by atoms with E-state index in [1.54, 1.807) is 12.1 Å². The number of aromatic nitrogens is 1. The molecular weight excluding hydrogens is 280 g/mol. The van der Waals surface area contributed by atoms with Crippen LogP contribution in [-0.2, 0) is 0 Å². The zero-order valence-corrected chi connectivity index (χ0v) is 13.1. The van der Waals surface area contributed by atoms with Crippen molar-refractivity contribution in [3.63, 3.8) is 0 Å². The molecule has 1 aromatic rings. The van der Waals surface area contributed by atoms with Crippen molar-refractivity contribution in [2.24, 2.45) is 0 Å². The average Bonchev–Trinajstić information content (AvgIpc) is 2.68. The molecule has 0 atom stereocenters. The topological polar surface area (TPSA) is 68.4 Å². The Morgan fingerprint density at radius 1 is 1.23 bits per heavy atom. The lowest BCUT2D eigenvalue weighted by molar-refractivity contribution is 0.0503. The molecule has 0 aliphatic carbocycles. The minimum Gasteiger partial charge on any atom is -0.335 e. The first kappa shape index (κ1) is 15.2. The van der Waals surface area contributed by atoms with Gasteiger partial charge >= 0.3 is 0 Å². The normalized spacial score (nSPS) is 22.5. The van der Waals surface area contributed by atoms with Crippen molar-refractivity contribution in [1.29, 1.82) is 0 Å². The molecule has 1 spiro atoms. The SMILES string of the molecule is CN1CCCN(C(=O)c2cccc(=O)[nH]2)CC12CCNCC2. The lowest BCUT2D eigenvalue weighted by atomic mass is 9.86. The third kappa shape index (κ3) is 2.94. The van der Waals surface area contributed by atoms with E-state index in [-0.39, 0.29) is 17.0 Å². The van der Waals surface area contributed by atoms with E-state index in [4.69, 9.17) is 0 Å². The number of nitrogens with zero attached hydrogens (tertiary/aromatic N) is 2. The predicted molar refractivity (Wildman–Crippen MR) is 85.0 cm³/mol. The Balaban J connectivity index is 1.83. The predicted octanol–water partition coefficient (Wildman–Crippen LogP) is 0.275. The van der Waals surface area contributed by atoms with Crippen LogP contribution in [0.3, 0.4) is 0 Å².